The number of hydrogen-bond donors (Lipinski definition) is 0. The topological polar surface area (TPSA) is 45.7 Å². The van der Waals surface area contributed by atoms with Crippen molar-refractivity contribution in [3.8, 4) is 0 Å². The maximum atomic E-state index is 12.5. The van der Waals surface area contributed by atoms with Crippen molar-refractivity contribution in [1.29, 1.82) is 0 Å². The van der Waals surface area contributed by atoms with Crippen LogP contribution in [0.5, 0.6) is 0 Å². The largest absolute Gasteiger partial charge is 0.461 e. The second kappa shape index (κ2) is 8.85. The van der Waals surface area contributed by atoms with E-state index < -0.39 is 11.5 Å². The number of nitrogens with zero attached hydrogens (tertiary/aromatic N) is 3. The summed E-state index contributed by atoms with van der Waals surface area (Å²) in [6.45, 7) is 8.24. The summed E-state index contributed by atoms with van der Waals surface area (Å²) < 4.78 is 42.6. The van der Waals surface area contributed by atoms with Gasteiger partial charge in [-0.3, -0.25) is 4.90 Å². The standard InChI is InChI=1S/C21H24F3N3O2S/c1-4-29-19(28)18-11-15(9-10-25-18)12-27-14-26(13-20(27,2)3)16-5-7-17(8-6-16)30-21(22,23)24/h5-11H,4,12-14H2,1-3H3. The summed E-state index contributed by atoms with van der Waals surface area (Å²) >= 11 is -0.111. The second-order valence-electron chi connectivity index (χ2n) is 7.66. The first-order valence-corrected chi connectivity index (χ1v) is 10.4. The SMILES string of the molecule is CCOC(=O)c1cc(CN2CN(c3ccc(SC(F)(F)F)cc3)CC2(C)C)ccn1. The summed E-state index contributed by atoms with van der Waals surface area (Å²) in [5.41, 5.74) is -2.35. The van der Waals surface area contributed by atoms with Gasteiger partial charge in [0.2, 0.25) is 0 Å². The Hall–Kier alpha value is -2.26. The molecule has 0 aliphatic carbocycles. The van der Waals surface area contributed by atoms with Crippen molar-refractivity contribution in [2.75, 3.05) is 24.7 Å². The number of carbonyl (C=O) groups excluding carboxylic acids is 1. The summed E-state index contributed by atoms with van der Waals surface area (Å²) in [6, 6.07) is 10.0. The zero-order valence-corrected chi connectivity index (χ0v) is 17.9. The Labute approximate surface area is 178 Å². The summed E-state index contributed by atoms with van der Waals surface area (Å²) in [4.78, 5) is 20.6. The van der Waals surface area contributed by atoms with Crippen LogP contribution in [0.1, 0.15) is 36.8 Å². The van der Waals surface area contributed by atoms with Gasteiger partial charge in [-0.15, -0.1) is 0 Å². The Morgan fingerprint density at radius 2 is 1.93 bits per heavy atom. The predicted molar refractivity (Wildman–Crippen MR) is 110 cm³/mol. The van der Waals surface area contributed by atoms with Gasteiger partial charge in [-0.1, -0.05) is 0 Å². The second-order valence-corrected chi connectivity index (χ2v) is 8.80. The molecule has 162 valence electrons. The van der Waals surface area contributed by atoms with E-state index in [1.54, 1.807) is 31.3 Å². The highest BCUT2D eigenvalue weighted by molar-refractivity contribution is 8.00. The van der Waals surface area contributed by atoms with Gasteiger partial charge in [-0.25, -0.2) is 9.78 Å². The van der Waals surface area contributed by atoms with E-state index in [4.69, 9.17) is 4.74 Å². The molecule has 0 N–H and O–H groups in total. The summed E-state index contributed by atoms with van der Waals surface area (Å²) in [5.74, 6) is -0.446. The molecule has 5 nitrogen and oxygen atoms in total. The molecule has 2 aromatic rings. The van der Waals surface area contributed by atoms with Gasteiger partial charge < -0.3 is 9.64 Å². The minimum absolute atomic E-state index is 0.111. The summed E-state index contributed by atoms with van der Waals surface area (Å²) in [7, 11) is 0. The maximum Gasteiger partial charge on any atom is 0.446 e. The lowest BCUT2D eigenvalue weighted by atomic mass is 10.0. The van der Waals surface area contributed by atoms with E-state index in [1.807, 2.05) is 6.07 Å². The van der Waals surface area contributed by atoms with Crippen molar-refractivity contribution in [2.24, 2.45) is 0 Å². The third-order valence-corrected chi connectivity index (χ3v) is 5.63. The van der Waals surface area contributed by atoms with Crippen LogP contribution in [0.15, 0.2) is 47.5 Å². The number of thioether (sulfide) groups is 1. The van der Waals surface area contributed by atoms with E-state index in [2.05, 4.69) is 28.6 Å². The third-order valence-electron chi connectivity index (χ3n) is 4.89. The Bertz CT molecular complexity index is 888. The zero-order valence-electron chi connectivity index (χ0n) is 17.1. The van der Waals surface area contributed by atoms with E-state index in [-0.39, 0.29) is 27.9 Å². The number of benzene rings is 1. The van der Waals surface area contributed by atoms with Crippen molar-refractivity contribution >= 4 is 23.4 Å². The number of anilines is 1. The lowest BCUT2D eigenvalue weighted by Gasteiger charge is -2.29. The van der Waals surface area contributed by atoms with Crippen LogP contribution in [-0.4, -0.2) is 46.7 Å². The number of carbonyl (C=O) groups is 1. The van der Waals surface area contributed by atoms with Gasteiger partial charge >= 0.3 is 11.5 Å². The molecule has 0 spiro atoms. The molecular weight excluding hydrogens is 415 g/mol. The number of ether oxygens (including phenoxy) is 1. The molecule has 1 aromatic carbocycles. The van der Waals surface area contributed by atoms with Crippen LogP contribution in [0.25, 0.3) is 0 Å². The van der Waals surface area contributed by atoms with Crippen LogP contribution in [0.4, 0.5) is 18.9 Å². The predicted octanol–water partition coefficient (Wildman–Crippen LogP) is 4.93. The normalized spacial score (nSPS) is 16.7. The monoisotopic (exact) mass is 439 g/mol. The molecular formula is C21H24F3N3O2S. The zero-order chi connectivity index (χ0) is 21.9. The van der Waals surface area contributed by atoms with Crippen molar-refractivity contribution in [1.82, 2.24) is 9.88 Å². The molecule has 1 aliphatic rings. The van der Waals surface area contributed by atoms with E-state index in [1.165, 1.54) is 12.1 Å². The van der Waals surface area contributed by atoms with E-state index in [9.17, 15) is 18.0 Å². The molecule has 9 heteroatoms. The van der Waals surface area contributed by atoms with Crippen LogP contribution in [0, 0.1) is 0 Å². The lowest BCUT2D eigenvalue weighted by molar-refractivity contribution is -0.0328. The molecule has 0 bridgehead atoms. The molecule has 0 amide bonds. The lowest BCUT2D eigenvalue weighted by Crippen LogP contribution is -2.39. The van der Waals surface area contributed by atoms with E-state index in [0.717, 1.165) is 17.8 Å². The van der Waals surface area contributed by atoms with Crippen LogP contribution in [0.2, 0.25) is 0 Å². The summed E-state index contributed by atoms with van der Waals surface area (Å²) in [6.07, 6.45) is 1.60. The highest BCUT2D eigenvalue weighted by atomic mass is 32.2. The average Bonchev–Trinajstić information content (AvgIpc) is 2.96. The van der Waals surface area contributed by atoms with Gasteiger partial charge in [0, 0.05) is 35.4 Å². The smallest absolute Gasteiger partial charge is 0.446 e. The van der Waals surface area contributed by atoms with Gasteiger partial charge in [0.1, 0.15) is 5.69 Å². The average molecular weight is 440 g/mol. The first-order valence-electron chi connectivity index (χ1n) is 9.55. The van der Waals surface area contributed by atoms with Crippen LogP contribution >= 0.6 is 11.8 Å². The van der Waals surface area contributed by atoms with Gasteiger partial charge in [-0.05, 0) is 74.5 Å². The van der Waals surface area contributed by atoms with Gasteiger partial charge in [0.25, 0.3) is 0 Å². The minimum atomic E-state index is -4.29. The van der Waals surface area contributed by atoms with Crippen molar-refractivity contribution in [3.63, 3.8) is 0 Å². The molecule has 1 saturated heterocycles. The molecule has 0 radical (unpaired) electrons. The Morgan fingerprint density at radius 1 is 1.23 bits per heavy atom. The molecule has 0 atom stereocenters. The van der Waals surface area contributed by atoms with Crippen molar-refractivity contribution in [3.05, 3.63) is 53.9 Å². The van der Waals surface area contributed by atoms with Gasteiger partial charge in [0.05, 0.1) is 13.3 Å². The van der Waals surface area contributed by atoms with E-state index in [0.29, 0.717) is 19.8 Å². The van der Waals surface area contributed by atoms with Crippen molar-refractivity contribution in [2.45, 2.75) is 43.3 Å². The maximum absolute atomic E-state index is 12.5. The fourth-order valence-electron chi connectivity index (χ4n) is 3.42. The Balaban J connectivity index is 1.70. The van der Waals surface area contributed by atoms with Gasteiger partial charge in [0.15, 0.2) is 0 Å². The molecule has 30 heavy (non-hydrogen) atoms. The quantitative estimate of drug-likeness (QED) is 0.470. The number of alkyl halides is 3. The molecule has 3 rings (SSSR count). The molecule has 0 unspecified atom stereocenters. The van der Waals surface area contributed by atoms with Crippen LogP contribution < -0.4 is 4.90 Å². The first kappa shape index (κ1) is 22.4. The molecule has 1 fully saturated rings. The fraction of sp³-hybridized carbons (Fsp3) is 0.429. The van der Waals surface area contributed by atoms with Crippen LogP contribution in [-0.2, 0) is 11.3 Å². The minimum Gasteiger partial charge on any atom is -0.461 e. The van der Waals surface area contributed by atoms with Gasteiger partial charge in [-0.2, -0.15) is 13.2 Å². The highest BCUT2D eigenvalue weighted by Gasteiger charge is 2.37. The fourth-order valence-corrected chi connectivity index (χ4v) is 3.96. The number of hydrogen-bond acceptors (Lipinski definition) is 6. The number of pyridine rings is 1. The number of esters is 1. The molecule has 2 heterocycles. The Kier molecular flexibility index (Phi) is 6.62. The van der Waals surface area contributed by atoms with Crippen LogP contribution in [0.3, 0.4) is 0 Å². The summed E-state index contributed by atoms with van der Waals surface area (Å²) in [5, 5.41) is 0. The molecule has 0 saturated carbocycles. The number of aromatic nitrogens is 1. The molecule has 1 aromatic heterocycles. The highest BCUT2D eigenvalue weighted by Crippen LogP contribution is 2.38. The van der Waals surface area contributed by atoms with Crippen molar-refractivity contribution < 1.29 is 22.7 Å². The Morgan fingerprint density at radius 3 is 2.57 bits per heavy atom. The number of rotatable bonds is 6. The van der Waals surface area contributed by atoms with E-state index >= 15 is 0 Å². The number of halogens is 3. The first-order chi connectivity index (χ1) is 14.1. The third kappa shape index (κ3) is 5.66. The molecule has 1 aliphatic heterocycles.